The Hall–Kier alpha value is -0.390. The molecule has 0 amide bonds. The highest BCUT2D eigenvalue weighted by molar-refractivity contribution is 9.10. The molecule has 3 nitrogen and oxygen atoms in total. The van der Waals surface area contributed by atoms with Crippen LogP contribution in [0.5, 0.6) is 0 Å². The molecule has 19 heavy (non-hydrogen) atoms. The van der Waals surface area contributed by atoms with Crippen LogP contribution in [0.15, 0.2) is 27.6 Å². The molecule has 0 bridgehead atoms. The molecule has 0 spiro atoms. The first kappa shape index (κ1) is 15.0. The molecule has 0 N–H and O–H groups in total. The second-order valence-corrected chi connectivity index (χ2v) is 7.98. The first-order valence-electron chi connectivity index (χ1n) is 6.71. The standard InChI is InChI=1S/C14H20BrNO2S/c1-3-16(10-12-5-4-6-12)19(17,18)14-9-13(15)8-7-11(14)2/h7-9,12H,3-6,10H2,1-2H3. The maximum atomic E-state index is 12.7. The number of rotatable bonds is 5. The SMILES string of the molecule is CCN(CC1CCC1)S(=O)(=O)c1cc(Br)ccc1C. The molecule has 106 valence electrons. The molecule has 0 unspecified atom stereocenters. The molecule has 1 fully saturated rings. The molecule has 0 heterocycles. The van der Waals surface area contributed by atoms with Crippen molar-refractivity contribution in [1.29, 1.82) is 0 Å². The minimum absolute atomic E-state index is 0.419. The van der Waals surface area contributed by atoms with E-state index >= 15 is 0 Å². The lowest BCUT2D eigenvalue weighted by molar-refractivity contribution is 0.250. The van der Waals surface area contributed by atoms with Crippen LogP contribution in [0, 0.1) is 12.8 Å². The molecule has 0 atom stereocenters. The summed E-state index contributed by atoms with van der Waals surface area (Å²) in [6, 6.07) is 5.42. The first-order valence-corrected chi connectivity index (χ1v) is 8.94. The Bertz CT molecular complexity index is 553. The molecule has 0 saturated heterocycles. The molecule has 1 aromatic rings. The van der Waals surface area contributed by atoms with Crippen LogP contribution in [-0.2, 0) is 10.0 Å². The van der Waals surface area contributed by atoms with E-state index in [2.05, 4.69) is 15.9 Å². The van der Waals surface area contributed by atoms with Crippen molar-refractivity contribution in [2.24, 2.45) is 5.92 Å². The summed E-state index contributed by atoms with van der Waals surface area (Å²) in [5.74, 6) is 0.544. The summed E-state index contributed by atoms with van der Waals surface area (Å²) in [5, 5.41) is 0. The van der Waals surface area contributed by atoms with E-state index < -0.39 is 10.0 Å². The number of hydrogen-bond donors (Lipinski definition) is 0. The Morgan fingerprint density at radius 2 is 2.05 bits per heavy atom. The molecule has 0 radical (unpaired) electrons. The van der Waals surface area contributed by atoms with Crippen LogP contribution in [0.1, 0.15) is 31.7 Å². The highest BCUT2D eigenvalue weighted by Gasteiger charge is 2.29. The smallest absolute Gasteiger partial charge is 0.207 e. The van der Waals surface area contributed by atoms with E-state index in [1.54, 1.807) is 10.4 Å². The van der Waals surface area contributed by atoms with Crippen LogP contribution < -0.4 is 0 Å². The van der Waals surface area contributed by atoms with Gasteiger partial charge in [0.05, 0.1) is 4.90 Å². The number of halogens is 1. The molecule has 1 aromatic carbocycles. The van der Waals surface area contributed by atoms with Crippen molar-refractivity contribution in [3.8, 4) is 0 Å². The van der Waals surface area contributed by atoms with Gasteiger partial charge in [0.15, 0.2) is 0 Å². The largest absolute Gasteiger partial charge is 0.243 e. The maximum absolute atomic E-state index is 12.7. The van der Waals surface area contributed by atoms with Crippen LogP contribution >= 0.6 is 15.9 Å². The van der Waals surface area contributed by atoms with Crippen molar-refractivity contribution in [1.82, 2.24) is 4.31 Å². The summed E-state index contributed by atoms with van der Waals surface area (Å²) in [5.41, 5.74) is 0.801. The highest BCUT2D eigenvalue weighted by Crippen LogP contribution is 2.30. The van der Waals surface area contributed by atoms with Gasteiger partial charge in [0.1, 0.15) is 0 Å². The van der Waals surface area contributed by atoms with Crippen LogP contribution in [-0.4, -0.2) is 25.8 Å². The maximum Gasteiger partial charge on any atom is 0.243 e. The summed E-state index contributed by atoms with van der Waals surface area (Å²) in [4.78, 5) is 0.419. The molecular weight excluding hydrogens is 326 g/mol. The molecule has 0 aromatic heterocycles. The quantitative estimate of drug-likeness (QED) is 0.817. The summed E-state index contributed by atoms with van der Waals surface area (Å²) in [6.45, 7) is 4.94. The topological polar surface area (TPSA) is 37.4 Å². The summed E-state index contributed by atoms with van der Waals surface area (Å²) in [7, 11) is -3.37. The van der Waals surface area contributed by atoms with Gasteiger partial charge in [-0.15, -0.1) is 0 Å². The second-order valence-electron chi connectivity index (χ2n) is 5.16. The highest BCUT2D eigenvalue weighted by atomic mass is 79.9. The van der Waals surface area contributed by atoms with Gasteiger partial charge >= 0.3 is 0 Å². The van der Waals surface area contributed by atoms with Gasteiger partial charge in [-0.2, -0.15) is 4.31 Å². The molecular formula is C14H20BrNO2S. The van der Waals surface area contributed by atoms with Crippen LogP contribution in [0.3, 0.4) is 0 Å². The second kappa shape index (κ2) is 5.94. The van der Waals surface area contributed by atoms with E-state index in [0.29, 0.717) is 23.9 Å². The third-order valence-corrected chi connectivity index (χ3v) is 6.38. The van der Waals surface area contributed by atoms with E-state index in [1.807, 2.05) is 26.0 Å². The predicted molar refractivity (Wildman–Crippen MR) is 80.7 cm³/mol. The van der Waals surface area contributed by atoms with E-state index in [0.717, 1.165) is 22.9 Å². The summed E-state index contributed by atoms with van der Waals surface area (Å²) >= 11 is 3.35. The molecule has 1 aliphatic carbocycles. The van der Waals surface area contributed by atoms with Crippen molar-refractivity contribution in [3.63, 3.8) is 0 Å². The zero-order valence-electron chi connectivity index (χ0n) is 11.4. The lowest BCUT2D eigenvalue weighted by atomic mass is 9.85. The Balaban J connectivity index is 2.30. The van der Waals surface area contributed by atoms with Gasteiger partial charge in [-0.1, -0.05) is 35.3 Å². The number of hydrogen-bond acceptors (Lipinski definition) is 2. The van der Waals surface area contributed by atoms with Crippen molar-refractivity contribution in [2.75, 3.05) is 13.1 Å². The third-order valence-electron chi connectivity index (χ3n) is 3.81. The van der Waals surface area contributed by atoms with Crippen molar-refractivity contribution in [3.05, 3.63) is 28.2 Å². The van der Waals surface area contributed by atoms with E-state index in [4.69, 9.17) is 0 Å². The first-order chi connectivity index (χ1) is 8.95. The molecule has 1 aliphatic rings. The fraction of sp³-hybridized carbons (Fsp3) is 0.571. The molecule has 1 saturated carbocycles. The zero-order chi connectivity index (χ0) is 14.0. The van der Waals surface area contributed by atoms with Crippen molar-refractivity contribution in [2.45, 2.75) is 38.0 Å². The fourth-order valence-electron chi connectivity index (χ4n) is 2.35. The molecule has 0 aliphatic heterocycles. The van der Waals surface area contributed by atoms with Crippen LogP contribution in [0.25, 0.3) is 0 Å². The molecule has 2 rings (SSSR count). The number of nitrogens with zero attached hydrogens (tertiary/aromatic N) is 1. The Kier molecular flexibility index (Phi) is 4.69. The summed E-state index contributed by atoms with van der Waals surface area (Å²) < 4.78 is 27.9. The Morgan fingerprint density at radius 3 is 2.58 bits per heavy atom. The lowest BCUT2D eigenvalue weighted by Crippen LogP contribution is -2.37. The van der Waals surface area contributed by atoms with Gasteiger partial charge in [0.2, 0.25) is 10.0 Å². The average Bonchev–Trinajstić information content (AvgIpc) is 2.30. The Labute approximate surface area is 124 Å². The monoisotopic (exact) mass is 345 g/mol. The minimum Gasteiger partial charge on any atom is -0.207 e. The number of sulfonamides is 1. The van der Waals surface area contributed by atoms with E-state index in [1.165, 1.54) is 6.42 Å². The van der Waals surface area contributed by atoms with Gasteiger partial charge < -0.3 is 0 Å². The normalized spacial score (nSPS) is 16.6. The van der Waals surface area contributed by atoms with E-state index in [9.17, 15) is 8.42 Å². The Morgan fingerprint density at radius 1 is 1.37 bits per heavy atom. The lowest BCUT2D eigenvalue weighted by Gasteiger charge is -2.31. The predicted octanol–water partition coefficient (Wildman–Crippen LogP) is 3.57. The number of aryl methyl sites for hydroxylation is 1. The third kappa shape index (κ3) is 3.20. The van der Waals surface area contributed by atoms with Crippen molar-refractivity contribution >= 4 is 26.0 Å². The summed E-state index contributed by atoms with van der Waals surface area (Å²) in [6.07, 6.45) is 3.55. The number of benzene rings is 1. The zero-order valence-corrected chi connectivity index (χ0v) is 13.8. The minimum atomic E-state index is -3.37. The van der Waals surface area contributed by atoms with Crippen LogP contribution in [0.4, 0.5) is 0 Å². The van der Waals surface area contributed by atoms with Gasteiger partial charge in [0.25, 0.3) is 0 Å². The van der Waals surface area contributed by atoms with Gasteiger partial charge in [0, 0.05) is 17.6 Å². The van der Waals surface area contributed by atoms with Gasteiger partial charge in [-0.25, -0.2) is 8.42 Å². The fourth-order valence-corrected chi connectivity index (χ4v) is 4.64. The van der Waals surface area contributed by atoms with Crippen molar-refractivity contribution < 1.29 is 8.42 Å². The molecule has 5 heteroatoms. The van der Waals surface area contributed by atoms with Gasteiger partial charge in [-0.05, 0) is 43.4 Å². The van der Waals surface area contributed by atoms with Crippen LogP contribution in [0.2, 0.25) is 0 Å². The van der Waals surface area contributed by atoms with E-state index in [-0.39, 0.29) is 0 Å². The van der Waals surface area contributed by atoms with Gasteiger partial charge in [-0.3, -0.25) is 0 Å². The average molecular weight is 346 g/mol.